The lowest BCUT2D eigenvalue weighted by Gasteiger charge is -2.36. The predicted octanol–water partition coefficient (Wildman–Crippen LogP) is 3.04. The molecule has 0 spiro atoms. The molecule has 7 heteroatoms. The van der Waals surface area contributed by atoms with E-state index in [2.05, 4.69) is 45.7 Å². The fourth-order valence-corrected chi connectivity index (χ4v) is 4.98. The molecule has 2 N–H and O–H groups in total. The number of aryl methyl sites for hydroxylation is 1. The number of likely N-dealkylation sites (tertiary alicyclic amines) is 1. The molecule has 1 fully saturated rings. The molecule has 0 unspecified atom stereocenters. The van der Waals surface area contributed by atoms with Gasteiger partial charge in [-0.1, -0.05) is 30.7 Å². The van der Waals surface area contributed by atoms with Gasteiger partial charge in [0.1, 0.15) is 5.75 Å². The van der Waals surface area contributed by atoms with Gasteiger partial charge < -0.3 is 20.3 Å². The molecule has 4 rings (SSSR count). The van der Waals surface area contributed by atoms with Crippen LogP contribution in [0, 0.1) is 0 Å². The van der Waals surface area contributed by atoms with Crippen LogP contribution in [0.15, 0.2) is 42.5 Å². The van der Waals surface area contributed by atoms with Gasteiger partial charge in [0.15, 0.2) is 0 Å². The zero-order chi connectivity index (χ0) is 23.9. The summed E-state index contributed by atoms with van der Waals surface area (Å²) in [5.74, 6) is -0.445. The number of nitrogens with one attached hydrogen (secondary N) is 2. The number of ether oxygens (including phenoxy) is 1. The first-order valence-corrected chi connectivity index (χ1v) is 12.3. The van der Waals surface area contributed by atoms with Crippen molar-refractivity contribution in [3.63, 3.8) is 0 Å². The minimum atomic E-state index is -0.611. The van der Waals surface area contributed by atoms with Gasteiger partial charge in [0.05, 0.1) is 13.2 Å². The van der Waals surface area contributed by atoms with Gasteiger partial charge in [-0.2, -0.15) is 0 Å². The maximum absolute atomic E-state index is 12.6. The van der Waals surface area contributed by atoms with Gasteiger partial charge in [-0.15, -0.1) is 0 Å². The van der Waals surface area contributed by atoms with Gasteiger partial charge in [-0.3, -0.25) is 14.5 Å². The number of carbonyl (C=O) groups is 2. The highest BCUT2D eigenvalue weighted by molar-refractivity contribution is 6.35. The Labute approximate surface area is 202 Å². The van der Waals surface area contributed by atoms with Crippen molar-refractivity contribution in [1.82, 2.24) is 15.5 Å². The largest absolute Gasteiger partial charge is 0.497 e. The highest BCUT2D eigenvalue weighted by atomic mass is 16.5. The lowest BCUT2D eigenvalue weighted by molar-refractivity contribution is -0.139. The molecule has 1 atom stereocenters. The lowest BCUT2D eigenvalue weighted by Crippen LogP contribution is -2.45. The van der Waals surface area contributed by atoms with Crippen LogP contribution in [0.4, 0.5) is 5.69 Å². The number of anilines is 1. The molecule has 2 amide bonds. The Morgan fingerprint density at radius 1 is 0.941 bits per heavy atom. The maximum atomic E-state index is 12.6. The van der Waals surface area contributed by atoms with E-state index in [0.717, 1.165) is 43.8 Å². The van der Waals surface area contributed by atoms with Crippen LogP contribution in [0.3, 0.4) is 0 Å². The molecular formula is C27H36N4O3. The molecule has 2 heterocycles. The number of carbonyl (C=O) groups excluding carboxylic acids is 2. The molecular weight excluding hydrogens is 428 g/mol. The molecule has 0 aromatic heterocycles. The van der Waals surface area contributed by atoms with Gasteiger partial charge in [0, 0.05) is 32.4 Å². The van der Waals surface area contributed by atoms with Gasteiger partial charge in [-0.25, -0.2) is 0 Å². The summed E-state index contributed by atoms with van der Waals surface area (Å²) < 4.78 is 5.15. The number of rotatable bonds is 7. The van der Waals surface area contributed by atoms with Crippen LogP contribution in [-0.4, -0.2) is 57.1 Å². The van der Waals surface area contributed by atoms with E-state index in [1.165, 1.54) is 36.1 Å². The Hall–Kier alpha value is -3.06. The monoisotopic (exact) mass is 464 g/mol. The number of nitrogens with zero attached hydrogens (tertiary/aromatic N) is 2. The van der Waals surface area contributed by atoms with Crippen molar-refractivity contribution in [3.05, 3.63) is 59.2 Å². The van der Waals surface area contributed by atoms with Crippen LogP contribution in [0.2, 0.25) is 0 Å². The summed E-state index contributed by atoms with van der Waals surface area (Å²) in [7, 11) is 3.76. The highest BCUT2D eigenvalue weighted by Crippen LogP contribution is 2.31. The van der Waals surface area contributed by atoms with Crippen molar-refractivity contribution in [2.45, 2.75) is 44.7 Å². The number of benzene rings is 2. The summed E-state index contributed by atoms with van der Waals surface area (Å²) in [6.45, 7) is 3.83. The number of methoxy groups -OCH3 is 1. The third-order valence-corrected chi connectivity index (χ3v) is 6.94. The van der Waals surface area contributed by atoms with E-state index < -0.39 is 11.8 Å². The fraction of sp³-hybridized carbons (Fsp3) is 0.481. The number of fused-ring (bicyclic) bond motifs is 1. The molecule has 0 bridgehead atoms. The topological polar surface area (TPSA) is 73.9 Å². The average Bonchev–Trinajstić information content (AvgIpc) is 2.88. The molecule has 0 saturated carbocycles. The van der Waals surface area contributed by atoms with E-state index >= 15 is 0 Å². The molecule has 34 heavy (non-hydrogen) atoms. The summed E-state index contributed by atoms with van der Waals surface area (Å²) in [5, 5.41) is 5.61. The minimum Gasteiger partial charge on any atom is -0.497 e. The Morgan fingerprint density at radius 2 is 1.68 bits per heavy atom. The van der Waals surface area contributed by atoms with Crippen LogP contribution in [0.1, 0.15) is 48.4 Å². The van der Waals surface area contributed by atoms with Crippen molar-refractivity contribution >= 4 is 17.5 Å². The first-order valence-electron chi connectivity index (χ1n) is 12.3. The van der Waals surface area contributed by atoms with Crippen molar-refractivity contribution in [2.24, 2.45) is 0 Å². The van der Waals surface area contributed by atoms with E-state index in [4.69, 9.17) is 4.74 Å². The van der Waals surface area contributed by atoms with Crippen molar-refractivity contribution in [3.8, 4) is 5.75 Å². The molecule has 2 aromatic carbocycles. The SMILES string of the molecule is COc1ccc(CNC(=O)C(=O)NC[C@@H](c2ccc3c(c2)CCCN3C)N2CCCCC2)cc1. The van der Waals surface area contributed by atoms with Crippen molar-refractivity contribution < 1.29 is 14.3 Å². The van der Waals surface area contributed by atoms with Gasteiger partial charge in [0.2, 0.25) is 0 Å². The van der Waals surface area contributed by atoms with Crippen molar-refractivity contribution in [2.75, 3.05) is 45.2 Å². The average molecular weight is 465 g/mol. The molecule has 2 aromatic rings. The second-order valence-corrected chi connectivity index (χ2v) is 9.27. The van der Waals surface area contributed by atoms with E-state index in [0.29, 0.717) is 13.1 Å². The van der Waals surface area contributed by atoms with E-state index in [1.807, 2.05) is 24.3 Å². The zero-order valence-electron chi connectivity index (χ0n) is 20.3. The summed E-state index contributed by atoms with van der Waals surface area (Å²) in [6, 6.07) is 14.2. The highest BCUT2D eigenvalue weighted by Gasteiger charge is 2.25. The first-order chi connectivity index (χ1) is 16.5. The van der Waals surface area contributed by atoms with Crippen LogP contribution >= 0.6 is 0 Å². The second kappa shape index (κ2) is 11.4. The Bertz CT molecular complexity index is 986. The van der Waals surface area contributed by atoms with Crippen molar-refractivity contribution in [1.29, 1.82) is 0 Å². The van der Waals surface area contributed by atoms with E-state index in [-0.39, 0.29) is 6.04 Å². The van der Waals surface area contributed by atoms with Gasteiger partial charge in [-0.05, 0) is 73.7 Å². The summed E-state index contributed by atoms with van der Waals surface area (Å²) >= 11 is 0. The van der Waals surface area contributed by atoms with Gasteiger partial charge in [0.25, 0.3) is 0 Å². The lowest BCUT2D eigenvalue weighted by atomic mass is 9.95. The standard InChI is InChI=1S/C27H36N4O3/c1-30-14-6-7-21-17-22(10-13-24(21)30)25(31-15-4-3-5-16-31)19-29-27(33)26(32)28-18-20-8-11-23(34-2)12-9-20/h8-13,17,25H,3-7,14-16,18-19H2,1-2H3,(H,28,32)(H,29,33)/t25-/m0/s1. The fourth-order valence-electron chi connectivity index (χ4n) is 4.98. The molecule has 2 aliphatic rings. The van der Waals surface area contributed by atoms with Crippen LogP contribution in [0.25, 0.3) is 0 Å². The third-order valence-electron chi connectivity index (χ3n) is 6.94. The van der Waals surface area contributed by atoms with Crippen LogP contribution < -0.4 is 20.3 Å². The maximum Gasteiger partial charge on any atom is 0.309 e. The van der Waals surface area contributed by atoms with Crippen LogP contribution in [0.5, 0.6) is 5.75 Å². The number of hydrogen-bond acceptors (Lipinski definition) is 5. The smallest absolute Gasteiger partial charge is 0.309 e. The second-order valence-electron chi connectivity index (χ2n) is 9.27. The Morgan fingerprint density at radius 3 is 2.41 bits per heavy atom. The molecule has 182 valence electrons. The number of piperidine rings is 1. The summed E-state index contributed by atoms with van der Waals surface area (Å²) in [6.07, 6.45) is 5.83. The molecule has 0 aliphatic carbocycles. The van der Waals surface area contributed by atoms with Gasteiger partial charge >= 0.3 is 11.8 Å². The molecule has 2 aliphatic heterocycles. The minimum absolute atomic E-state index is 0.0659. The Kier molecular flexibility index (Phi) is 8.06. The third kappa shape index (κ3) is 5.89. The predicted molar refractivity (Wildman–Crippen MR) is 134 cm³/mol. The zero-order valence-corrected chi connectivity index (χ0v) is 20.3. The molecule has 1 saturated heterocycles. The van der Waals surface area contributed by atoms with E-state index in [1.54, 1.807) is 7.11 Å². The summed E-state index contributed by atoms with van der Waals surface area (Å²) in [4.78, 5) is 29.8. The molecule has 0 radical (unpaired) electrons. The number of amides is 2. The summed E-state index contributed by atoms with van der Waals surface area (Å²) in [5.41, 5.74) is 4.80. The first kappa shape index (κ1) is 24.1. The molecule has 7 nitrogen and oxygen atoms in total. The number of hydrogen-bond donors (Lipinski definition) is 2. The van der Waals surface area contributed by atoms with E-state index in [9.17, 15) is 9.59 Å². The van der Waals surface area contributed by atoms with Crippen LogP contribution in [-0.2, 0) is 22.6 Å². The Balaban J connectivity index is 1.39. The quantitative estimate of drug-likeness (QED) is 0.616. The normalized spacial score (nSPS) is 16.9.